The Morgan fingerprint density at radius 2 is 1.68 bits per heavy atom. The number of fused-ring (bicyclic) bond motifs is 1. The second kappa shape index (κ2) is 14.5. The van der Waals surface area contributed by atoms with E-state index >= 15 is 0 Å². The summed E-state index contributed by atoms with van der Waals surface area (Å²) in [5.41, 5.74) is 5.36. The number of amides is 1. The van der Waals surface area contributed by atoms with Gasteiger partial charge in [-0.05, 0) is 61.4 Å². The molecule has 2 aromatic carbocycles. The average Bonchev–Trinajstić information content (AvgIpc) is 3.77. The third kappa shape index (κ3) is 6.91. The highest BCUT2D eigenvalue weighted by Crippen LogP contribution is 2.38. The molecule has 1 N–H and O–H groups in total. The van der Waals surface area contributed by atoms with Crippen LogP contribution in [0, 0.1) is 0 Å². The van der Waals surface area contributed by atoms with Crippen molar-refractivity contribution >= 4 is 40.0 Å². The summed E-state index contributed by atoms with van der Waals surface area (Å²) < 4.78 is 15.2. The maximum atomic E-state index is 12.9. The summed E-state index contributed by atoms with van der Waals surface area (Å²) in [6.07, 6.45) is 14.5. The van der Waals surface area contributed by atoms with Crippen molar-refractivity contribution in [2.75, 3.05) is 50.6 Å². The molecule has 0 bridgehead atoms. The van der Waals surface area contributed by atoms with Crippen LogP contribution in [0.5, 0.6) is 11.5 Å². The summed E-state index contributed by atoms with van der Waals surface area (Å²) in [6, 6.07) is 15.4. The molecule has 12 nitrogen and oxygen atoms in total. The third-order valence-corrected chi connectivity index (χ3v) is 9.66. The minimum absolute atomic E-state index is 0.178. The maximum Gasteiger partial charge on any atom is 0.246 e. The highest BCUT2D eigenvalue weighted by atomic mass is 16.5. The van der Waals surface area contributed by atoms with Crippen molar-refractivity contribution in [2.45, 2.75) is 38.1 Å². The molecule has 0 radical (unpaired) electrons. The molecule has 0 spiro atoms. The first kappa shape index (κ1) is 32.9. The second-order valence-corrected chi connectivity index (χ2v) is 12.8. The molecule has 1 saturated heterocycles. The first-order valence-corrected chi connectivity index (χ1v) is 17.1. The fourth-order valence-corrected chi connectivity index (χ4v) is 6.94. The van der Waals surface area contributed by atoms with Crippen LogP contribution in [0.1, 0.15) is 48.5 Å². The van der Waals surface area contributed by atoms with Crippen LogP contribution in [0.4, 0.5) is 17.3 Å². The van der Waals surface area contributed by atoms with Gasteiger partial charge < -0.3 is 29.2 Å². The van der Waals surface area contributed by atoms with Crippen molar-refractivity contribution in [1.82, 2.24) is 29.2 Å². The number of carbonyl (C=O) groups is 2. The zero-order valence-electron chi connectivity index (χ0n) is 28.7. The quantitative estimate of drug-likeness (QED) is 0.137. The summed E-state index contributed by atoms with van der Waals surface area (Å²) in [6.45, 7) is 2.38. The molecule has 50 heavy (non-hydrogen) atoms. The van der Waals surface area contributed by atoms with Gasteiger partial charge in [-0.1, -0.05) is 19.3 Å². The Bertz CT molecular complexity index is 2020. The zero-order chi connectivity index (χ0) is 34.6. The number of allylic oxidation sites excluding steroid dienone is 1. The zero-order valence-corrected chi connectivity index (χ0v) is 28.7. The van der Waals surface area contributed by atoms with Crippen LogP contribution < -0.4 is 19.7 Å². The number of nitrogens with one attached hydrogen (secondary N) is 1. The molecule has 258 valence electrons. The predicted octanol–water partition coefficient (Wildman–Crippen LogP) is 6.19. The number of hydrogen-bond donors (Lipinski definition) is 1. The van der Waals surface area contributed by atoms with Gasteiger partial charge in [0.1, 0.15) is 17.1 Å². The Hall–Kier alpha value is -5.65. The number of methoxy groups -OCH3 is 2. The summed E-state index contributed by atoms with van der Waals surface area (Å²) in [5, 5.41) is 8.83. The van der Waals surface area contributed by atoms with Crippen molar-refractivity contribution < 1.29 is 19.1 Å². The van der Waals surface area contributed by atoms with Crippen LogP contribution in [0.25, 0.3) is 22.3 Å². The molecule has 1 saturated carbocycles. The number of carbonyl (C=O) groups excluding carboxylic acids is 2. The minimum atomic E-state index is -0.224. The fourth-order valence-electron chi connectivity index (χ4n) is 6.94. The van der Waals surface area contributed by atoms with Crippen molar-refractivity contribution in [3.63, 3.8) is 0 Å². The van der Waals surface area contributed by atoms with Crippen molar-refractivity contribution in [2.24, 2.45) is 7.05 Å². The Morgan fingerprint density at radius 1 is 0.900 bits per heavy atom. The van der Waals surface area contributed by atoms with Crippen LogP contribution >= 0.6 is 0 Å². The minimum Gasteiger partial charge on any atom is -0.497 e. The number of aryl methyl sites for hydroxylation is 1. The van der Waals surface area contributed by atoms with Crippen LogP contribution in [-0.4, -0.2) is 81.3 Å². The molecule has 5 aromatic rings. The molecular formula is C38H42N8O4. The van der Waals surface area contributed by atoms with E-state index in [-0.39, 0.29) is 11.7 Å². The standard InChI is InChI=1S/C38H42N8O4/c1-43-25-28(24-40-43)33-21-27-23-39-38(42-37(27)46(33)29-7-5-4-6-8-29)41-32-14-11-30(22-35(32)50-3)44-17-19-45(20-18-44)36(48)16-15-34(47)26-9-12-31(49-2)13-10-26/h9-16,21-25,29H,4-8,17-20H2,1-3H3,(H,39,41,42)/b16-15+. The van der Waals surface area contributed by atoms with Crippen LogP contribution in [0.15, 0.2) is 79.3 Å². The van der Waals surface area contributed by atoms with E-state index < -0.39 is 0 Å². The molecule has 0 unspecified atom stereocenters. The van der Waals surface area contributed by atoms with Crippen molar-refractivity contribution in [3.8, 4) is 22.8 Å². The lowest BCUT2D eigenvalue weighted by atomic mass is 9.95. The van der Waals surface area contributed by atoms with E-state index in [1.807, 2.05) is 42.3 Å². The first-order valence-electron chi connectivity index (χ1n) is 17.1. The Morgan fingerprint density at radius 3 is 2.38 bits per heavy atom. The lowest BCUT2D eigenvalue weighted by Gasteiger charge is -2.36. The van der Waals surface area contributed by atoms with Gasteiger partial charge in [-0.3, -0.25) is 14.3 Å². The molecule has 4 heterocycles. The summed E-state index contributed by atoms with van der Waals surface area (Å²) in [7, 11) is 5.16. The normalized spacial score (nSPS) is 15.5. The molecule has 7 rings (SSSR count). The smallest absolute Gasteiger partial charge is 0.246 e. The van der Waals surface area contributed by atoms with Gasteiger partial charge in [0.2, 0.25) is 11.9 Å². The summed E-state index contributed by atoms with van der Waals surface area (Å²) in [5.74, 6) is 1.44. The molecule has 12 heteroatoms. The number of nitrogens with zero attached hydrogens (tertiary/aromatic N) is 7. The van der Waals surface area contributed by atoms with Gasteiger partial charge in [-0.15, -0.1) is 0 Å². The maximum absolute atomic E-state index is 12.9. The van der Waals surface area contributed by atoms with E-state index in [1.54, 1.807) is 43.4 Å². The average molecular weight is 675 g/mol. The molecule has 1 aliphatic heterocycles. The fraction of sp³-hybridized carbons (Fsp3) is 0.342. The number of rotatable bonds is 10. The first-order chi connectivity index (χ1) is 24.4. The number of hydrogen-bond acceptors (Lipinski definition) is 9. The van der Waals surface area contributed by atoms with Gasteiger partial charge in [-0.2, -0.15) is 10.1 Å². The molecular weight excluding hydrogens is 632 g/mol. The molecule has 2 aliphatic rings. The molecule has 1 amide bonds. The Kier molecular flexibility index (Phi) is 9.50. The van der Waals surface area contributed by atoms with E-state index in [0.29, 0.717) is 55.2 Å². The predicted molar refractivity (Wildman–Crippen MR) is 193 cm³/mol. The van der Waals surface area contributed by atoms with E-state index in [2.05, 4.69) is 37.1 Å². The van der Waals surface area contributed by atoms with Crippen molar-refractivity contribution in [3.05, 3.63) is 84.8 Å². The Labute approximate surface area is 291 Å². The second-order valence-electron chi connectivity index (χ2n) is 12.8. The number of aromatic nitrogens is 5. The third-order valence-electron chi connectivity index (χ3n) is 9.66. The topological polar surface area (TPSA) is 120 Å². The number of piperazine rings is 1. The van der Waals surface area contributed by atoms with Crippen LogP contribution in [-0.2, 0) is 11.8 Å². The lowest BCUT2D eigenvalue weighted by Crippen LogP contribution is -2.48. The number of ketones is 1. The van der Waals surface area contributed by atoms with Crippen molar-refractivity contribution in [1.29, 1.82) is 0 Å². The summed E-state index contributed by atoms with van der Waals surface area (Å²) in [4.78, 5) is 39.1. The number of anilines is 3. The lowest BCUT2D eigenvalue weighted by molar-refractivity contribution is -0.126. The van der Waals surface area contributed by atoms with Crippen LogP contribution in [0.2, 0.25) is 0 Å². The van der Waals surface area contributed by atoms with E-state index in [0.717, 1.165) is 46.5 Å². The van der Waals surface area contributed by atoms with Gasteiger partial charge in [0.05, 0.1) is 31.8 Å². The number of benzene rings is 2. The van der Waals surface area contributed by atoms with Gasteiger partial charge in [0.15, 0.2) is 5.78 Å². The van der Waals surface area contributed by atoms with E-state index in [1.165, 1.54) is 31.4 Å². The van der Waals surface area contributed by atoms with E-state index in [4.69, 9.17) is 14.5 Å². The van der Waals surface area contributed by atoms with Crippen LogP contribution in [0.3, 0.4) is 0 Å². The monoisotopic (exact) mass is 674 g/mol. The Balaban J connectivity index is 1.03. The number of ether oxygens (including phenoxy) is 2. The van der Waals surface area contributed by atoms with Gasteiger partial charge in [0.25, 0.3) is 0 Å². The SMILES string of the molecule is COc1ccc(C(=O)/C=C/C(=O)N2CCN(c3ccc(Nc4ncc5cc(-c6cnn(C)c6)n(C6CCCCC6)c5n4)c(OC)c3)CC2)cc1. The molecule has 0 atom stereocenters. The highest BCUT2D eigenvalue weighted by molar-refractivity contribution is 6.07. The van der Waals surface area contributed by atoms with E-state index in [9.17, 15) is 9.59 Å². The van der Waals surface area contributed by atoms with Gasteiger partial charge in [0, 0.05) is 86.0 Å². The largest absolute Gasteiger partial charge is 0.497 e. The molecule has 3 aromatic heterocycles. The summed E-state index contributed by atoms with van der Waals surface area (Å²) >= 11 is 0. The molecule has 1 aliphatic carbocycles. The van der Waals surface area contributed by atoms with Gasteiger partial charge >= 0.3 is 0 Å². The molecule has 2 fully saturated rings. The van der Waals surface area contributed by atoms with Gasteiger partial charge in [-0.25, -0.2) is 4.98 Å². The highest BCUT2D eigenvalue weighted by Gasteiger charge is 2.24.